The fourth-order valence-corrected chi connectivity index (χ4v) is 2.28. The van der Waals surface area contributed by atoms with Gasteiger partial charge in [-0.05, 0) is 51.5 Å². The van der Waals surface area contributed by atoms with Gasteiger partial charge in [-0.15, -0.1) is 5.10 Å². The second-order valence-electron chi connectivity index (χ2n) is 4.21. The minimum atomic E-state index is -0.318. The summed E-state index contributed by atoms with van der Waals surface area (Å²) in [5, 5.41) is 14.9. The van der Waals surface area contributed by atoms with E-state index < -0.39 is 0 Å². The molecule has 1 aromatic heterocycles. The molecule has 8 heteroatoms. The first kappa shape index (κ1) is 15.0. The largest absolute Gasteiger partial charge is 0.383 e. The number of tetrazole rings is 1. The molecular weight excluding hydrogens is 329 g/mol. The van der Waals surface area contributed by atoms with Gasteiger partial charge in [0, 0.05) is 18.1 Å². The fourth-order valence-electron chi connectivity index (χ4n) is 1.76. The molecule has 0 fully saturated rings. The third-order valence-electron chi connectivity index (χ3n) is 2.78. The van der Waals surface area contributed by atoms with Crippen molar-refractivity contribution in [3.63, 3.8) is 0 Å². The minimum Gasteiger partial charge on any atom is -0.383 e. The number of benzene rings is 1. The van der Waals surface area contributed by atoms with Crippen LogP contribution in [0.25, 0.3) is 5.69 Å². The topological polar surface area (TPSA) is 64.9 Å². The molecule has 0 saturated heterocycles. The maximum Gasteiger partial charge on any atom is 0.173 e. The number of aromatic nitrogens is 4. The predicted molar refractivity (Wildman–Crippen MR) is 75.1 cm³/mol. The molecule has 2 rings (SSSR count). The Morgan fingerprint density at radius 1 is 1.50 bits per heavy atom. The van der Waals surface area contributed by atoms with Gasteiger partial charge in [-0.25, -0.2) is 4.39 Å². The van der Waals surface area contributed by atoms with E-state index in [2.05, 4.69) is 36.8 Å². The van der Waals surface area contributed by atoms with Gasteiger partial charge in [-0.3, -0.25) is 0 Å². The Labute approximate surface area is 124 Å². The number of rotatable bonds is 6. The van der Waals surface area contributed by atoms with E-state index >= 15 is 0 Å². The molecule has 1 atom stereocenters. The molecule has 0 saturated carbocycles. The van der Waals surface area contributed by atoms with Crippen molar-refractivity contribution in [3.05, 3.63) is 34.3 Å². The van der Waals surface area contributed by atoms with Crippen LogP contribution in [0.4, 0.5) is 4.39 Å². The molecule has 6 nitrogen and oxygen atoms in total. The van der Waals surface area contributed by atoms with Gasteiger partial charge in [0.15, 0.2) is 5.82 Å². The number of nitrogens with zero attached hydrogens (tertiary/aromatic N) is 4. The molecule has 2 aromatic rings. The average molecular weight is 344 g/mol. The number of halogens is 2. The Morgan fingerprint density at radius 2 is 2.30 bits per heavy atom. The van der Waals surface area contributed by atoms with Crippen molar-refractivity contribution >= 4 is 15.9 Å². The van der Waals surface area contributed by atoms with Crippen molar-refractivity contribution in [2.45, 2.75) is 13.0 Å². The zero-order valence-electron chi connectivity index (χ0n) is 11.2. The molecule has 1 N–H and O–H groups in total. The first-order valence-corrected chi connectivity index (χ1v) is 6.88. The van der Waals surface area contributed by atoms with Gasteiger partial charge in [-0.1, -0.05) is 0 Å². The number of nitrogens with one attached hydrogen (secondary N) is 1. The lowest BCUT2D eigenvalue weighted by Gasteiger charge is -2.14. The van der Waals surface area contributed by atoms with Crippen LogP contribution in [0.3, 0.4) is 0 Å². The van der Waals surface area contributed by atoms with Crippen molar-refractivity contribution in [2.75, 3.05) is 20.3 Å². The smallest absolute Gasteiger partial charge is 0.173 e. The highest BCUT2D eigenvalue weighted by Gasteiger charge is 2.17. The average Bonchev–Trinajstić information content (AvgIpc) is 2.88. The van der Waals surface area contributed by atoms with Crippen LogP contribution in [0.2, 0.25) is 0 Å². The van der Waals surface area contributed by atoms with Gasteiger partial charge in [0.2, 0.25) is 0 Å². The molecule has 20 heavy (non-hydrogen) atoms. The lowest BCUT2D eigenvalue weighted by Crippen LogP contribution is -2.25. The van der Waals surface area contributed by atoms with Gasteiger partial charge in [0.1, 0.15) is 5.82 Å². The standard InChI is InChI=1S/C12H15BrFN5O/c1-8(15-5-6-20-2)12-16-17-18-19(12)11-4-3-9(14)7-10(11)13/h3-4,7-8,15H,5-6H2,1-2H3. The summed E-state index contributed by atoms with van der Waals surface area (Å²) in [5.74, 6) is 0.329. The van der Waals surface area contributed by atoms with Crippen LogP contribution in [0.1, 0.15) is 18.8 Å². The van der Waals surface area contributed by atoms with Gasteiger partial charge in [0.25, 0.3) is 0 Å². The van der Waals surface area contributed by atoms with Crippen LogP contribution in [0.5, 0.6) is 0 Å². The Hall–Kier alpha value is -1.38. The van der Waals surface area contributed by atoms with Crippen LogP contribution >= 0.6 is 15.9 Å². The van der Waals surface area contributed by atoms with E-state index in [1.807, 2.05) is 6.92 Å². The summed E-state index contributed by atoms with van der Waals surface area (Å²) in [5.41, 5.74) is 0.687. The molecule has 108 valence electrons. The highest BCUT2D eigenvalue weighted by molar-refractivity contribution is 9.10. The quantitative estimate of drug-likeness (QED) is 0.811. The Kier molecular flexibility index (Phi) is 5.16. The molecule has 0 aliphatic rings. The summed E-state index contributed by atoms with van der Waals surface area (Å²) in [4.78, 5) is 0. The molecule has 0 bridgehead atoms. The first-order chi connectivity index (χ1) is 9.63. The second kappa shape index (κ2) is 6.87. The van der Waals surface area contributed by atoms with Crippen molar-refractivity contribution in [2.24, 2.45) is 0 Å². The van der Waals surface area contributed by atoms with Crippen molar-refractivity contribution in [1.29, 1.82) is 0 Å². The Bertz CT molecular complexity index is 577. The Morgan fingerprint density at radius 3 is 3.00 bits per heavy atom. The predicted octanol–water partition coefficient (Wildman–Crippen LogP) is 1.86. The molecule has 1 aromatic carbocycles. The molecule has 0 spiro atoms. The van der Waals surface area contributed by atoms with Crippen LogP contribution in [0, 0.1) is 5.82 Å². The van der Waals surface area contributed by atoms with Crippen LogP contribution in [-0.4, -0.2) is 40.5 Å². The second-order valence-corrected chi connectivity index (χ2v) is 5.07. The summed E-state index contributed by atoms with van der Waals surface area (Å²) in [6.45, 7) is 3.25. The van der Waals surface area contributed by atoms with Gasteiger partial charge in [-0.2, -0.15) is 4.68 Å². The summed E-state index contributed by atoms with van der Waals surface area (Å²) in [7, 11) is 1.64. The number of methoxy groups -OCH3 is 1. The zero-order chi connectivity index (χ0) is 14.5. The lowest BCUT2D eigenvalue weighted by atomic mass is 10.2. The molecule has 1 unspecified atom stereocenters. The lowest BCUT2D eigenvalue weighted by molar-refractivity contribution is 0.196. The van der Waals surface area contributed by atoms with E-state index in [0.717, 1.165) is 0 Å². The van der Waals surface area contributed by atoms with Crippen molar-refractivity contribution < 1.29 is 9.13 Å². The molecule has 1 heterocycles. The number of ether oxygens (including phenoxy) is 1. The fraction of sp³-hybridized carbons (Fsp3) is 0.417. The number of hydrogen-bond donors (Lipinski definition) is 1. The van der Waals surface area contributed by atoms with Gasteiger partial charge < -0.3 is 10.1 Å². The maximum atomic E-state index is 13.1. The highest BCUT2D eigenvalue weighted by Crippen LogP contribution is 2.23. The Balaban J connectivity index is 2.23. The van der Waals surface area contributed by atoms with Crippen LogP contribution < -0.4 is 5.32 Å². The van der Waals surface area contributed by atoms with Gasteiger partial charge >= 0.3 is 0 Å². The third-order valence-corrected chi connectivity index (χ3v) is 3.41. The zero-order valence-corrected chi connectivity index (χ0v) is 12.8. The summed E-state index contributed by atoms with van der Waals surface area (Å²) in [6, 6.07) is 4.32. The van der Waals surface area contributed by atoms with E-state index in [9.17, 15) is 4.39 Å². The molecule has 0 amide bonds. The van der Waals surface area contributed by atoms with E-state index in [4.69, 9.17) is 4.74 Å². The van der Waals surface area contributed by atoms with E-state index in [1.165, 1.54) is 12.1 Å². The monoisotopic (exact) mass is 343 g/mol. The minimum absolute atomic E-state index is 0.0582. The third kappa shape index (κ3) is 3.38. The summed E-state index contributed by atoms with van der Waals surface area (Å²) in [6.07, 6.45) is 0. The summed E-state index contributed by atoms with van der Waals surface area (Å²) < 4.78 is 20.3. The van der Waals surface area contributed by atoms with Crippen LogP contribution in [-0.2, 0) is 4.74 Å². The first-order valence-electron chi connectivity index (χ1n) is 6.09. The molecule has 0 radical (unpaired) electrons. The molecular formula is C12H15BrFN5O. The normalized spacial score (nSPS) is 12.6. The summed E-state index contributed by atoms with van der Waals surface area (Å²) >= 11 is 3.32. The van der Waals surface area contributed by atoms with E-state index in [-0.39, 0.29) is 11.9 Å². The SMILES string of the molecule is COCCNC(C)c1nnnn1-c1ccc(F)cc1Br. The highest BCUT2D eigenvalue weighted by atomic mass is 79.9. The van der Waals surface area contributed by atoms with Gasteiger partial charge in [0.05, 0.1) is 18.3 Å². The van der Waals surface area contributed by atoms with E-state index in [1.54, 1.807) is 17.9 Å². The van der Waals surface area contributed by atoms with E-state index in [0.29, 0.717) is 29.1 Å². The maximum absolute atomic E-state index is 13.1. The molecule has 0 aliphatic carbocycles. The van der Waals surface area contributed by atoms with Crippen LogP contribution in [0.15, 0.2) is 22.7 Å². The van der Waals surface area contributed by atoms with Crippen molar-refractivity contribution in [1.82, 2.24) is 25.5 Å². The van der Waals surface area contributed by atoms with Crippen molar-refractivity contribution in [3.8, 4) is 5.69 Å². The molecule has 0 aliphatic heterocycles. The number of hydrogen-bond acceptors (Lipinski definition) is 5.